The van der Waals surface area contributed by atoms with Crippen LogP contribution in [0, 0.1) is 0 Å². The maximum Gasteiger partial charge on any atom is 0.173 e. The molecule has 1 N–H and O–H groups in total. The highest BCUT2D eigenvalue weighted by molar-refractivity contribution is 7.80. The Hall–Kier alpha value is -2.31. The molecule has 150 valence electrons. The molecule has 2 aromatic rings. The molecular formula is C22H29N3O2S. The van der Waals surface area contributed by atoms with Crippen LogP contribution in [0.4, 0.5) is 11.4 Å². The van der Waals surface area contributed by atoms with Gasteiger partial charge < -0.3 is 24.6 Å². The molecule has 1 aliphatic rings. The van der Waals surface area contributed by atoms with E-state index in [2.05, 4.69) is 39.4 Å². The molecule has 1 fully saturated rings. The summed E-state index contributed by atoms with van der Waals surface area (Å²) in [5.41, 5.74) is 3.36. The Bertz CT molecular complexity index is 756. The molecule has 0 bridgehead atoms. The van der Waals surface area contributed by atoms with Gasteiger partial charge in [-0.15, -0.1) is 0 Å². The minimum Gasteiger partial charge on any atom is -0.497 e. The van der Waals surface area contributed by atoms with Crippen LogP contribution in [0.25, 0.3) is 0 Å². The normalized spacial score (nSPS) is 15.9. The Labute approximate surface area is 173 Å². The molecule has 28 heavy (non-hydrogen) atoms. The van der Waals surface area contributed by atoms with Gasteiger partial charge in [-0.25, -0.2) is 0 Å². The first-order valence-electron chi connectivity index (χ1n) is 9.63. The zero-order valence-corrected chi connectivity index (χ0v) is 17.7. The Morgan fingerprint density at radius 1 is 1.14 bits per heavy atom. The third-order valence-electron chi connectivity index (χ3n) is 4.90. The molecular weight excluding hydrogens is 370 g/mol. The van der Waals surface area contributed by atoms with Crippen LogP contribution < -0.4 is 15.0 Å². The van der Waals surface area contributed by atoms with E-state index in [9.17, 15) is 0 Å². The van der Waals surface area contributed by atoms with Gasteiger partial charge in [0.05, 0.1) is 13.2 Å². The minimum absolute atomic E-state index is 0.233. The first kappa shape index (κ1) is 20.4. The fourth-order valence-electron chi connectivity index (χ4n) is 3.25. The lowest BCUT2D eigenvalue weighted by atomic mass is 10.1. The Morgan fingerprint density at radius 3 is 2.43 bits per heavy atom. The molecule has 0 aliphatic carbocycles. The standard InChI is InChI=1S/C22H29N3O2S/c1-24(2)19-10-6-17(7-11-19)15-25(16-21-5-4-14-27-21)22(28)23-18-8-12-20(26-3)13-9-18/h6-13,21H,4-5,14-16H2,1-3H3,(H,23,28). The van der Waals surface area contributed by atoms with E-state index in [0.29, 0.717) is 5.11 Å². The number of methoxy groups -OCH3 is 1. The van der Waals surface area contributed by atoms with Crippen LogP contribution in [0.15, 0.2) is 48.5 Å². The van der Waals surface area contributed by atoms with Crippen molar-refractivity contribution in [3.8, 4) is 5.75 Å². The van der Waals surface area contributed by atoms with E-state index in [1.165, 1.54) is 11.3 Å². The first-order chi connectivity index (χ1) is 13.5. The number of rotatable bonds is 7. The van der Waals surface area contributed by atoms with Gasteiger partial charge in [-0.2, -0.15) is 0 Å². The summed E-state index contributed by atoms with van der Waals surface area (Å²) in [5.74, 6) is 0.827. The molecule has 1 heterocycles. The zero-order valence-electron chi connectivity index (χ0n) is 16.9. The van der Waals surface area contributed by atoms with Gasteiger partial charge in [0.1, 0.15) is 5.75 Å². The van der Waals surface area contributed by atoms with Crippen molar-refractivity contribution >= 4 is 28.7 Å². The highest BCUT2D eigenvalue weighted by Gasteiger charge is 2.21. The van der Waals surface area contributed by atoms with Crippen molar-refractivity contribution in [2.45, 2.75) is 25.5 Å². The van der Waals surface area contributed by atoms with Crippen molar-refractivity contribution in [1.82, 2.24) is 4.90 Å². The SMILES string of the molecule is COc1ccc(NC(=S)N(Cc2ccc(N(C)C)cc2)CC2CCCO2)cc1. The maximum absolute atomic E-state index is 5.85. The van der Waals surface area contributed by atoms with Crippen LogP contribution in [0.3, 0.4) is 0 Å². The number of ether oxygens (including phenoxy) is 2. The van der Waals surface area contributed by atoms with Gasteiger partial charge in [0.15, 0.2) is 5.11 Å². The second-order valence-corrected chi connectivity index (χ2v) is 7.62. The minimum atomic E-state index is 0.233. The highest BCUT2D eigenvalue weighted by Crippen LogP contribution is 2.20. The van der Waals surface area contributed by atoms with E-state index in [0.717, 1.165) is 44.0 Å². The lowest BCUT2D eigenvalue weighted by Crippen LogP contribution is -2.39. The topological polar surface area (TPSA) is 37.0 Å². The van der Waals surface area contributed by atoms with E-state index in [1.807, 2.05) is 38.4 Å². The molecule has 2 aromatic carbocycles. The second kappa shape index (κ2) is 9.75. The van der Waals surface area contributed by atoms with E-state index < -0.39 is 0 Å². The number of anilines is 2. The average molecular weight is 400 g/mol. The number of nitrogens with zero attached hydrogens (tertiary/aromatic N) is 2. The molecule has 3 rings (SSSR count). The zero-order chi connectivity index (χ0) is 19.9. The summed E-state index contributed by atoms with van der Waals surface area (Å²) in [6.07, 6.45) is 2.44. The predicted octanol–water partition coefficient (Wildman–Crippen LogP) is 4.14. The first-order valence-corrected chi connectivity index (χ1v) is 10.0. The van der Waals surface area contributed by atoms with Gasteiger partial charge >= 0.3 is 0 Å². The molecule has 6 heteroatoms. The van der Waals surface area contributed by atoms with Crippen LogP contribution in [0.5, 0.6) is 5.75 Å². The predicted molar refractivity (Wildman–Crippen MR) is 119 cm³/mol. The van der Waals surface area contributed by atoms with Crippen LogP contribution >= 0.6 is 12.2 Å². The quantitative estimate of drug-likeness (QED) is 0.706. The van der Waals surface area contributed by atoms with Gasteiger partial charge in [0, 0.05) is 45.2 Å². The van der Waals surface area contributed by atoms with Gasteiger partial charge in [-0.3, -0.25) is 0 Å². The smallest absolute Gasteiger partial charge is 0.173 e. The molecule has 0 amide bonds. The van der Waals surface area contributed by atoms with Crippen molar-refractivity contribution in [3.63, 3.8) is 0 Å². The molecule has 1 unspecified atom stereocenters. The lowest BCUT2D eigenvalue weighted by Gasteiger charge is -2.28. The number of hydrogen-bond acceptors (Lipinski definition) is 4. The van der Waals surface area contributed by atoms with Crippen molar-refractivity contribution in [2.24, 2.45) is 0 Å². The number of hydrogen-bond donors (Lipinski definition) is 1. The fourth-order valence-corrected chi connectivity index (χ4v) is 3.51. The van der Waals surface area contributed by atoms with E-state index in [4.69, 9.17) is 21.7 Å². The summed E-state index contributed by atoms with van der Waals surface area (Å²) in [5, 5.41) is 4.06. The summed E-state index contributed by atoms with van der Waals surface area (Å²) in [6, 6.07) is 16.4. The molecule has 5 nitrogen and oxygen atoms in total. The van der Waals surface area contributed by atoms with Gasteiger partial charge in [0.25, 0.3) is 0 Å². The van der Waals surface area contributed by atoms with Crippen LogP contribution in [0.2, 0.25) is 0 Å². The van der Waals surface area contributed by atoms with Crippen LogP contribution in [-0.4, -0.2) is 50.5 Å². The molecule has 0 radical (unpaired) electrons. The Balaban J connectivity index is 1.70. The van der Waals surface area contributed by atoms with Gasteiger partial charge in [-0.05, 0) is 67.0 Å². The molecule has 0 aromatic heterocycles. The van der Waals surface area contributed by atoms with Crippen molar-refractivity contribution in [1.29, 1.82) is 0 Å². The number of nitrogens with one attached hydrogen (secondary N) is 1. The number of benzene rings is 2. The highest BCUT2D eigenvalue weighted by atomic mass is 32.1. The van der Waals surface area contributed by atoms with E-state index in [1.54, 1.807) is 7.11 Å². The van der Waals surface area contributed by atoms with Gasteiger partial charge in [0.2, 0.25) is 0 Å². The van der Waals surface area contributed by atoms with Crippen molar-refractivity contribution < 1.29 is 9.47 Å². The molecule has 0 spiro atoms. The van der Waals surface area contributed by atoms with E-state index >= 15 is 0 Å². The summed E-state index contributed by atoms with van der Waals surface area (Å²) < 4.78 is 11.1. The largest absolute Gasteiger partial charge is 0.497 e. The summed E-state index contributed by atoms with van der Waals surface area (Å²) in [4.78, 5) is 4.30. The molecule has 1 aliphatic heterocycles. The molecule has 0 saturated carbocycles. The Morgan fingerprint density at radius 2 is 1.86 bits per heavy atom. The third kappa shape index (κ3) is 5.59. The Kier molecular flexibility index (Phi) is 7.12. The summed E-state index contributed by atoms with van der Waals surface area (Å²) >= 11 is 5.74. The van der Waals surface area contributed by atoms with Crippen molar-refractivity contribution in [2.75, 3.05) is 44.6 Å². The van der Waals surface area contributed by atoms with Crippen molar-refractivity contribution in [3.05, 3.63) is 54.1 Å². The number of thiocarbonyl (C=S) groups is 1. The summed E-state index contributed by atoms with van der Waals surface area (Å²) in [6.45, 7) is 2.38. The fraction of sp³-hybridized carbons (Fsp3) is 0.409. The second-order valence-electron chi connectivity index (χ2n) is 7.24. The monoisotopic (exact) mass is 399 g/mol. The third-order valence-corrected chi connectivity index (χ3v) is 5.26. The van der Waals surface area contributed by atoms with E-state index in [-0.39, 0.29) is 6.10 Å². The maximum atomic E-state index is 5.85. The average Bonchev–Trinajstić information content (AvgIpc) is 3.21. The molecule has 1 atom stereocenters. The summed E-state index contributed by atoms with van der Waals surface area (Å²) in [7, 11) is 5.76. The van der Waals surface area contributed by atoms with Crippen LogP contribution in [-0.2, 0) is 11.3 Å². The van der Waals surface area contributed by atoms with Crippen LogP contribution in [0.1, 0.15) is 18.4 Å². The lowest BCUT2D eigenvalue weighted by molar-refractivity contribution is 0.0905. The molecule has 1 saturated heterocycles. The van der Waals surface area contributed by atoms with Gasteiger partial charge in [-0.1, -0.05) is 12.1 Å².